The Morgan fingerprint density at radius 1 is 1.56 bits per heavy atom. The Morgan fingerprint density at radius 3 is 2.44 bits per heavy atom. The van der Waals surface area contributed by atoms with E-state index in [1.54, 1.807) is 6.29 Å². The Kier molecular flexibility index (Phi) is 10.3. The Bertz CT molecular complexity index is 91.1. The molecule has 0 spiro atoms. The molecule has 0 aliphatic rings. The number of Topliss-reactive ketones (excluding diaryl/α,β-unsaturated/α-hetero) is 1. The summed E-state index contributed by atoms with van der Waals surface area (Å²) in [7, 11) is 0. The van der Waals surface area contributed by atoms with Gasteiger partial charge in [0.2, 0.25) is 0 Å². The van der Waals surface area contributed by atoms with E-state index in [4.69, 9.17) is 0 Å². The molecule has 3 heteroatoms. The molecule has 0 fully saturated rings. The first-order valence-corrected chi connectivity index (χ1v) is 2.62. The van der Waals surface area contributed by atoms with E-state index in [9.17, 15) is 9.59 Å². The first kappa shape index (κ1) is 11.7. The molecule has 2 nitrogen and oxygen atoms in total. The van der Waals surface area contributed by atoms with Gasteiger partial charge >= 0.3 is 18.6 Å². The molecule has 0 aromatic rings. The third-order valence-electron chi connectivity index (χ3n) is 0.808. The van der Waals surface area contributed by atoms with Crippen molar-refractivity contribution in [3.63, 3.8) is 0 Å². The maximum atomic E-state index is 10.2. The van der Waals surface area contributed by atoms with Crippen molar-refractivity contribution in [2.75, 3.05) is 0 Å². The predicted molar refractivity (Wildman–Crippen MR) is 30.2 cm³/mol. The number of unbranched alkanes of at least 4 members (excludes halogenated alkanes) is 1. The minimum Gasteiger partial charge on any atom is -0.542 e. The van der Waals surface area contributed by atoms with Crippen molar-refractivity contribution in [3.05, 3.63) is 0 Å². The molecule has 0 saturated carbocycles. The van der Waals surface area contributed by atoms with E-state index in [-0.39, 0.29) is 24.3 Å². The summed E-state index contributed by atoms with van der Waals surface area (Å²) in [4.78, 5) is 19.7. The van der Waals surface area contributed by atoms with Gasteiger partial charge in [-0.15, -0.1) is 0 Å². The van der Waals surface area contributed by atoms with E-state index in [1.165, 1.54) is 6.92 Å². The van der Waals surface area contributed by atoms with Crippen LogP contribution in [0.15, 0.2) is 0 Å². The van der Waals surface area contributed by atoms with Gasteiger partial charge in [-0.25, -0.2) is 0 Å². The number of rotatable bonds is 4. The van der Waals surface area contributed by atoms with Crippen LogP contribution in [0.25, 0.3) is 0 Å². The summed E-state index contributed by atoms with van der Waals surface area (Å²) in [6, 6.07) is 0. The molecule has 0 aromatic heterocycles. The second-order valence-corrected chi connectivity index (χ2v) is 1.70. The third-order valence-corrected chi connectivity index (χ3v) is 0.808. The number of hydrogen-bond donors (Lipinski definition) is 0. The van der Waals surface area contributed by atoms with Crippen LogP contribution in [0.4, 0.5) is 0 Å². The van der Waals surface area contributed by atoms with E-state index in [0.717, 1.165) is 0 Å². The third kappa shape index (κ3) is 11.5. The zero-order valence-electron chi connectivity index (χ0n) is 5.39. The van der Waals surface area contributed by atoms with Crippen LogP contribution in [0.3, 0.4) is 0 Å². The maximum Gasteiger partial charge on any atom is 2.00 e. The summed E-state index contributed by atoms with van der Waals surface area (Å²) in [6.07, 6.45) is 3.27. The second-order valence-electron chi connectivity index (χ2n) is 1.70. The van der Waals surface area contributed by atoms with Crippen molar-refractivity contribution in [3.8, 4) is 0 Å². The Labute approximate surface area is 66.9 Å². The van der Waals surface area contributed by atoms with Gasteiger partial charge in [0, 0.05) is 6.42 Å². The Morgan fingerprint density at radius 2 is 2.11 bits per heavy atom. The molecule has 0 N–H and O–H groups in total. The summed E-state index contributed by atoms with van der Waals surface area (Å²) in [6.45, 7) is 1.52. The second kappa shape index (κ2) is 7.92. The standard InChI is InChI=1S/C6H9O2.V/c1-6(8)4-2-3-5-7;/h2-4H2,1H3;/q-1;+2. The van der Waals surface area contributed by atoms with Crippen molar-refractivity contribution in [2.45, 2.75) is 26.2 Å². The average Bonchev–Trinajstić information content (AvgIpc) is 1.66. The van der Waals surface area contributed by atoms with Crippen molar-refractivity contribution >= 4 is 12.1 Å². The van der Waals surface area contributed by atoms with Gasteiger partial charge in [0.1, 0.15) is 5.78 Å². The van der Waals surface area contributed by atoms with Gasteiger partial charge in [-0.1, -0.05) is 6.42 Å². The fourth-order valence-corrected chi connectivity index (χ4v) is 0.410. The molecule has 49 valence electrons. The smallest absolute Gasteiger partial charge is 0.542 e. The van der Waals surface area contributed by atoms with Crippen molar-refractivity contribution in [1.29, 1.82) is 0 Å². The van der Waals surface area contributed by atoms with Gasteiger partial charge in [0.05, 0.1) is 0 Å². The molecule has 0 amide bonds. The molecule has 0 aliphatic heterocycles. The van der Waals surface area contributed by atoms with Crippen LogP contribution in [0, 0.1) is 0 Å². The van der Waals surface area contributed by atoms with Gasteiger partial charge in [-0.3, -0.25) is 6.29 Å². The number of carbonyl (C=O) groups is 1. The topological polar surface area (TPSA) is 34.1 Å². The predicted octanol–water partition coefficient (Wildman–Crippen LogP) is 0.853. The molecule has 0 saturated heterocycles. The molecule has 0 aliphatic carbocycles. The van der Waals surface area contributed by atoms with Crippen molar-refractivity contribution in [2.24, 2.45) is 0 Å². The van der Waals surface area contributed by atoms with Crippen LogP contribution in [0.1, 0.15) is 26.2 Å². The fraction of sp³-hybridized carbons (Fsp3) is 0.667. The zero-order chi connectivity index (χ0) is 6.41. The van der Waals surface area contributed by atoms with Gasteiger partial charge in [-0.2, -0.15) is 6.42 Å². The van der Waals surface area contributed by atoms with Crippen molar-refractivity contribution in [1.82, 2.24) is 0 Å². The normalized spacial score (nSPS) is 7.67. The SMILES string of the molecule is CC(=O)CCC[C-]=O.[V+2]. The van der Waals surface area contributed by atoms with E-state index >= 15 is 0 Å². The minimum absolute atomic E-state index is 0. The van der Waals surface area contributed by atoms with E-state index in [2.05, 4.69) is 0 Å². The van der Waals surface area contributed by atoms with Gasteiger partial charge < -0.3 is 9.59 Å². The van der Waals surface area contributed by atoms with Crippen molar-refractivity contribution < 1.29 is 28.1 Å². The zero-order valence-corrected chi connectivity index (χ0v) is 6.78. The van der Waals surface area contributed by atoms with Crippen LogP contribution in [0.5, 0.6) is 0 Å². The first-order valence-electron chi connectivity index (χ1n) is 2.62. The van der Waals surface area contributed by atoms with Gasteiger partial charge in [-0.05, 0) is 6.92 Å². The van der Waals surface area contributed by atoms with Crippen LogP contribution < -0.4 is 0 Å². The monoisotopic (exact) mass is 164 g/mol. The molecule has 0 unspecified atom stereocenters. The maximum absolute atomic E-state index is 10.2. The molecule has 9 heavy (non-hydrogen) atoms. The van der Waals surface area contributed by atoms with Crippen LogP contribution >= 0.6 is 0 Å². The number of carbonyl (C=O) groups excluding carboxylic acids is 2. The van der Waals surface area contributed by atoms with Gasteiger partial charge in [0.15, 0.2) is 0 Å². The summed E-state index contributed by atoms with van der Waals surface area (Å²) >= 11 is 0. The molecule has 0 bridgehead atoms. The number of hydrogen-bond acceptors (Lipinski definition) is 2. The fourth-order valence-electron chi connectivity index (χ4n) is 0.410. The van der Waals surface area contributed by atoms with Crippen LogP contribution in [-0.2, 0) is 28.1 Å². The summed E-state index contributed by atoms with van der Waals surface area (Å²) in [5, 5.41) is 0. The first-order chi connectivity index (χ1) is 3.77. The molecule has 0 aromatic carbocycles. The summed E-state index contributed by atoms with van der Waals surface area (Å²) in [5.41, 5.74) is 0. The summed E-state index contributed by atoms with van der Waals surface area (Å²) in [5.74, 6) is 0.139. The van der Waals surface area contributed by atoms with Gasteiger partial charge in [0.25, 0.3) is 0 Å². The molecular formula is C6H9O2V+. The Balaban J connectivity index is 0. The van der Waals surface area contributed by atoms with E-state index < -0.39 is 0 Å². The van der Waals surface area contributed by atoms with Crippen LogP contribution in [0.2, 0.25) is 0 Å². The minimum atomic E-state index is 0. The molecule has 0 atom stereocenters. The molecule has 0 rings (SSSR count). The number of ketones is 1. The van der Waals surface area contributed by atoms with E-state index in [0.29, 0.717) is 19.3 Å². The molecule has 1 radical (unpaired) electrons. The van der Waals surface area contributed by atoms with E-state index in [1.807, 2.05) is 0 Å². The molecular weight excluding hydrogens is 155 g/mol. The average molecular weight is 164 g/mol. The largest absolute Gasteiger partial charge is 2.00 e. The summed E-state index contributed by atoms with van der Waals surface area (Å²) < 4.78 is 0. The van der Waals surface area contributed by atoms with Crippen LogP contribution in [-0.4, -0.2) is 12.1 Å². The quantitative estimate of drug-likeness (QED) is 0.456. The Hall–Kier alpha value is -0.0756. The molecule has 0 heterocycles.